The number of nitrogens with zero attached hydrogens (tertiary/aromatic N) is 5. The number of benzene rings is 1. The van der Waals surface area contributed by atoms with E-state index < -0.39 is 5.24 Å². The van der Waals surface area contributed by atoms with Gasteiger partial charge in [-0.1, -0.05) is 0 Å². The number of aromatic nitrogens is 4. The predicted molar refractivity (Wildman–Crippen MR) is 158 cm³/mol. The second kappa shape index (κ2) is 10.1. The van der Waals surface area contributed by atoms with Gasteiger partial charge in [-0.2, -0.15) is 21.5 Å². The highest BCUT2D eigenvalue weighted by Gasteiger charge is 2.36. The zero-order valence-electron chi connectivity index (χ0n) is 22.8. The molecule has 2 aliphatic rings. The smallest absolute Gasteiger partial charge is 0.409 e. The summed E-state index contributed by atoms with van der Waals surface area (Å²) in [6.07, 6.45) is 3.18. The number of cyclic esters (lactones) is 1. The summed E-state index contributed by atoms with van der Waals surface area (Å²) in [5.41, 5.74) is 5.20. The molecule has 0 unspecified atom stereocenters. The van der Waals surface area contributed by atoms with Crippen molar-refractivity contribution in [3.8, 4) is 39.6 Å². The zero-order chi connectivity index (χ0) is 28.0. The van der Waals surface area contributed by atoms with Gasteiger partial charge in [0.05, 0.1) is 31.2 Å². The number of ether oxygens (including phenoxy) is 3. The van der Waals surface area contributed by atoms with Crippen molar-refractivity contribution in [2.45, 2.75) is 11.8 Å². The van der Waals surface area contributed by atoms with E-state index in [1.54, 1.807) is 40.6 Å². The number of carbonyl (C=O) groups is 2. The van der Waals surface area contributed by atoms with Gasteiger partial charge in [-0.15, -0.1) is 0 Å². The summed E-state index contributed by atoms with van der Waals surface area (Å²) in [5.74, 6) is 1.08. The summed E-state index contributed by atoms with van der Waals surface area (Å²) >= 11 is 1.56. The third-order valence-electron chi connectivity index (χ3n) is 7.17. The molecule has 0 aliphatic carbocycles. The minimum Gasteiger partial charge on any atom is -0.496 e. The molecule has 1 saturated heterocycles. The molecule has 11 nitrogen and oxygen atoms in total. The third kappa shape index (κ3) is 4.53. The van der Waals surface area contributed by atoms with Gasteiger partial charge < -0.3 is 24.0 Å². The van der Waals surface area contributed by atoms with Crippen LogP contribution in [-0.4, -0.2) is 104 Å². The van der Waals surface area contributed by atoms with Crippen molar-refractivity contribution in [1.29, 1.82) is 0 Å². The van der Waals surface area contributed by atoms with Crippen molar-refractivity contribution >= 4 is 46.9 Å². The number of thiophene rings is 1. The standard InChI is InChI=1S/C25H27B3N6O5S/c1-37-19-9-20-17(8-16(19)14-10-29-30-11-14)22-18(12-39-20)21(31-34(22)15-2-7-40-13-15)23(35)33(25(26,27)28)4-3-32-5-6-38-24(32)36/h2,7-11,13H,3-6,12,26-28H2,1H3,(H,29,30). The van der Waals surface area contributed by atoms with E-state index in [1.165, 1.54) is 0 Å². The fourth-order valence-corrected chi connectivity index (χ4v) is 5.74. The Morgan fingerprint density at radius 2 is 2.12 bits per heavy atom. The van der Waals surface area contributed by atoms with E-state index >= 15 is 0 Å². The molecule has 0 radical (unpaired) electrons. The van der Waals surface area contributed by atoms with Crippen molar-refractivity contribution in [3.05, 3.63) is 52.6 Å². The third-order valence-corrected chi connectivity index (χ3v) is 7.84. The molecular weight excluding hydrogens is 529 g/mol. The summed E-state index contributed by atoms with van der Waals surface area (Å²) in [7, 11) is 7.55. The number of methoxy groups -OCH3 is 1. The van der Waals surface area contributed by atoms with Crippen LogP contribution in [0.15, 0.2) is 41.4 Å². The number of nitrogens with one attached hydrogen (secondary N) is 1. The minimum absolute atomic E-state index is 0.179. The molecule has 5 heterocycles. The molecule has 3 aromatic heterocycles. The maximum Gasteiger partial charge on any atom is 0.409 e. The quantitative estimate of drug-likeness (QED) is 0.311. The second-order valence-corrected chi connectivity index (χ2v) is 11.4. The molecule has 0 saturated carbocycles. The first-order valence-corrected chi connectivity index (χ1v) is 13.9. The molecule has 15 heteroatoms. The summed E-state index contributed by atoms with van der Waals surface area (Å²) in [5, 5.41) is 15.3. The Morgan fingerprint density at radius 1 is 1.27 bits per heavy atom. The van der Waals surface area contributed by atoms with Gasteiger partial charge in [-0.25, -0.2) is 9.48 Å². The van der Waals surface area contributed by atoms with Crippen LogP contribution in [0.25, 0.3) is 28.1 Å². The Labute approximate surface area is 237 Å². The van der Waals surface area contributed by atoms with Gasteiger partial charge in [-0.05, 0) is 22.7 Å². The Morgan fingerprint density at radius 3 is 2.77 bits per heavy atom. The number of fused-ring (bicyclic) bond motifs is 3. The van der Waals surface area contributed by atoms with Crippen molar-refractivity contribution < 1.29 is 23.8 Å². The van der Waals surface area contributed by atoms with Crippen molar-refractivity contribution in [1.82, 2.24) is 29.8 Å². The van der Waals surface area contributed by atoms with E-state index in [2.05, 4.69) is 10.2 Å². The first-order valence-electron chi connectivity index (χ1n) is 13.0. The molecule has 202 valence electrons. The molecule has 6 rings (SSSR count). The van der Waals surface area contributed by atoms with E-state index in [9.17, 15) is 9.59 Å². The molecule has 40 heavy (non-hydrogen) atoms. The lowest BCUT2D eigenvalue weighted by Crippen LogP contribution is -2.56. The van der Waals surface area contributed by atoms with Crippen LogP contribution < -0.4 is 9.47 Å². The first kappa shape index (κ1) is 26.1. The number of H-pyrrole nitrogens is 1. The van der Waals surface area contributed by atoms with Gasteiger partial charge in [0.15, 0.2) is 5.69 Å². The Bertz CT molecular complexity index is 1570. The van der Waals surface area contributed by atoms with Crippen LogP contribution in [0, 0.1) is 0 Å². The van der Waals surface area contributed by atoms with E-state index in [-0.39, 0.29) is 18.6 Å². The van der Waals surface area contributed by atoms with Crippen LogP contribution in [0.3, 0.4) is 0 Å². The topological polar surface area (TPSA) is 115 Å². The van der Waals surface area contributed by atoms with Gasteiger partial charge in [-0.3, -0.25) is 9.89 Å². The van der Waals surface area contributed by atoms with Gasteiger partial charge >= 0.3 is 6.09 Å². The number of rotatable bonds is 8. The molecule has 0 atom stereocenters. The largest absolute Gasteiger partial charge is 0.496 e. The second-order valence-electron chi connectivity index (χ2n) is 10.6. The van der Waals surface area contributed by atoms with Gasteiger partial charge in [0, 0.05) is 53.0 Å². The lowest BCUT2D eigenvalue weighted by molar-refractivity contribution is 0.0725. The highest BCUT2D eigenvalue weighted by atomic mass is 32.1. The van der Waals surface area contributed by atoms with E-state index in [0.717, 1.165) is 28.1 Å². The first-order chi connectivity index (χ1) is 19.3. The maximum atomic E-state index is 14.2. The molecule has 0 spiro atoms. The molecule has 2 amide bonds. The molecule has 0 bridgehead atoms. The van der Waals surface area contributed by atoms with Gasteiger partial charge in [0.1, 0.15) is 48.3 Å². The number of amides is 2. The van der Waals surface area contributed by atoms with Crippen molar-refractivity contribution in [2.24, 2.45) is 0 Å². The van der Waals surface area contributed by atoms with E-state index in [1.807, 2.05) is 57.2 Å². The Kier molecular flexibility index (Phi) is 6.61. The zero-order valence-corrected chi connectivity index (χ0v) is 23.6. The number of hydrogen-bond donors (Lipinski definition) is 1. The van der Waals surface area contributed by atoms with Crippen LogP contribution in [0.2, 0.25) is 0 Å². The lowest BCUT2D eigenvalue weighted by Gasteiger charge is -2.37. The highest BCUT2D eigenvalue weighted by molar-refractivity contribution is 7.08. The van der Waals surface area contributed by atoms with Crippen LogP contribution in [-0.2, 0) is 11.3 Å². The normalized spacial score (nSPS) is 14.3. The van der Waals surface area contributed by atoms with Crippen LogP contribution in [0.4, 0.5) is 4.79 Å². The minimum atomic E-state index is -0.519. The van der Waals surface area contributed by atoms with Gasteiger partial charge in [0.25, 0.3) is 5.91 Å². The summed E-state index contributed by atoms with van der Waals surface area (Å²) in [6.45, 7) is 1.78. The Balaban J connectivity index is 1.46. The fraction of sp³-hybridized carbons (Fsp3) is 0.280. The fourth-order valence-electron chi connectivity index (χ4n) is 5.13. The van der Waals surface area contributed by atoms with Crippen molar-refractivity contribution in [2.75, 3.05) is 33.4 Å². The number of aromatic amines is 1. The lowest BCUT2D eigenvalue weighted by atomic mass is 9.48. The molecule has 1 aromatic carbocycles. The number of hydrogen-bond acceptors (Lipinski definition) is 8. The average molecular weight is 556 g/mol. The summed E-state index contributed by atoms with van der Waals surface area (Å²) in [6, 6.07) is 5.84. The monoisotopic (exact) mass is 556 g/mol. The van der Waals surface area contributed by atoms with Crippen LogP contribution in [0.5, 0.6) is 11.5 Å². The maximum absolute atomic E-state index is 14.2. The molecule has 2 aliphatic heterocycles. The molecule has 4 aromatic rings. The predicted octanol–water partition coefficient (Wildman–Crippen LogP) is 0.297. The molecular formula is C25H27B3N6O5S. The van der Waals surface area contributed by atoms with Crippen LogP contribution in [0.1, 0.15) is 16.1 Å². The molecule has 1 N–H and O–H groups in total. The van der Waals surface area contributed by atoms with Gasteiger partial charge in [0.2, 0.25) is 0 Å². The molecule has 1 fully saturated rings. The average Bonchev–Trinajstić information content (AvgIpc) is 3.74. The number of carbonyl (C=O) groups excluding carboxylic acids is 2. The summed E-state index contributed by atoms with van der Waals surface area (Å²) < 4.78 is 18.8. The highest BCUT2D eigenvalue weighted by Crippen LogP contribution is 2.46. The van der Waals surface area contributed by atoms with Crippen LogP contribution >= 0.6 is 11.3 Å². The summed E-state index contributed by atoms with van der Waals surface area (Å²) in [4.78, 5) is 29.6. The van der Waals surface area contributed by atoms with E-state index in [4.69, 9.17) is 19.3 Å². The van der Waals surface area contributed by atoms with E-state index in [0.29, 0.717) is 49.0 Å². The van der Waals surface area contributed by atoms with Crippen molar-refractivity contribution in [3.63, 3.8) is 0 Å². The SMILES string of the molecule is BC(B)(B)N(CCN1CCOC1=O)C(=O)c1nn(-c2ccsc2)c2c1COc1cc(OC)c(-c3cn[nH]c3)cc1-2. The Hall–Kier alpha value is -4.13.